The van der Waals surface area contributed by atoms with Crippen LogP contribution in [0.1, 0.15) is 23.9 Å². The van der Waals surface area contributed by atoms with Crippen LogP contribution in [0.4, 0.5) is 0 Å². The first kappa shape index (κ1) is 14.7. The quantitative estimate of drug-likeness (QED) is 0.885. The van der Waals surface area contributed by atoms with Gasteiger partial charge in [0.15, 0.2) is 0 Å². The SMILES string of the molecule is C[C@@H](C(=O)NC[C@@H](c1cccs1)N(C)C)n1cccn1. The van der Waals surface area contributed by atoms with Gasteiger partial charge in [0.05, 0.1) is 6.04 Å². The van der Waals surface area contributed by atoms with E-state index in [9.17, 15) is 4.79 Å². The monoisotopic (exact) mass is 292 g/mol. The molecule has 0 aromatic carbocycles. The summed E-state index contributed by atoms with van der Waals surface area (Å²) in [5.74, 6) is -0.0166. The Labute approximate surface area is 123 Å². The number of hydrogen-bond acceptors (Lipinski definition) is 4. The lowest BCUT2D eigenvalue weighted by atomic mass is 10.2. The second-order valence-electron chi connectivity index (χ2n) is 4.90. The summed E-state index contributed by atoms with van der Waals surface area (Å²) in [6, 6.07) is 5.85. The van der Waals surface area contributed by atoms with Crippen LogP contribution in [0.3, 0.4) is 0 Å². The molecule has 0 unspecified atom stereocenters. The number of hydrogen-bond donors (Lipinski definition) is 1. The molecule has 2 rings (SSSR count). The van der Waals surface area contributed by atoms with Crippen molar-refractivity contribution in [1.29, 1.82) is 0 Å². The third kappa shape index (κ3) is 3.46. The van der Waals surface area contributed by atoms with Gasteiger partial charge in [0, 0.05) is 23.8 Å². The number of aromatic nitrogens is 2. The fourth-order valence-electron chi connectivity index (χ4n) is 1.99. The normalized spacial score (nSPS) is 14.2. The van der Waals surface area contributed by atoms with Gasteiger partial charge in [-0.1, -0.05) is 6.07 Å². The zero-order chi connectivity index (χ0) is 14.5. The summed E-state index contributed by atoms with van der Waals surface area (Å²) < 4.78 is 1.66. The van der Waals surface area contributed by atoms with Crippen LogP contribution < -0.4 is 5.32 Å². The molecule has 0 saturated carbocycles. The standard InChI is InChI=1S/C14H20N4OS/c1-11(18-8-5-7-16-18)14(19)15-10-12(17(2)3)13-6-4-9-20-13/h4-9,11-12H,10H2,1-3H3,(H,15,19)/t11-,12-/m0/s1. The maximum absolute atomic E-state index is 12.2. The summed E-state index contributed by atoms with van der Waals surface area (Å²) in [6.45, 7) is 2.44. The highest BCUT2D eigenvalue weighted by molar-refractivity contribution is 7.10. The van der Waals surface area contributed by atoms with Crippen molar-refractivity contribution >= 4 is 17.2 Å². The number of amides is 1. The van der Waals surface area contributed by atoms with Gasteiger partial charge in [-0.05, 0) is 38.5 Å². The summed E-state index contributed by atoms with van der Waals surface area (Å²) in [5, 5.41) is 9.16. The van der Waals surface area contributed by atoms with E-state index in [-0.39, 0.29) is 18.0 Å². The van der Waals surface area contributed by atoms with E-state index in [1.54, 1.807) is 28.4 Å². The largest absolute Gasteiger partial charge is 0.352 e. The van der Waals surface area contributed by atoms with E-state index in [1.165, 1.54) is 4.88 Å². The molecule has 0 aliphatic rings. The maximum atomic E-state index is 12.2. The molecule has 2 heterocycles. The summed E-state index contributed by atoms with van der Waals surface area (Å²) >= 11 is 1.71. The Morgan fingerprint density at radius 2 is 2.30 bits per heavy atom. The van der Waals surface area contributed by atoms with Crippen molar-refractivity contribution in [2.24, 2.45) is 0 Å². The number of carbonyl (C=O) groups excluding carboxylic acids is 1. The molecule has 1 N–H and O–H groups in total. The minimum absolute atomic E-state index is 0.0166. The molecule has 2 aromatic heterocycles. The number of nitrogens with one attached hydrogen (secondary N) is 1. The van der Waals surface area contributed by atoms with Gasteiger partial charge in [0.2, 0.25) is 5.91 Å². The smallest absolute Gasteiger partial charge is 0.244 e. The van der Waals surface area contributed by atoms with Crippen LogP contribution >= 0.6 is 11.3 Å². The van der Waals surface area contributed by atoms with Gasteiger partial charge in [0.25, 0.3) is 0 Å². The van der Waals surface area contributed by atoms with Gasteiger partial charge in [0.1, 0.15) is 6.04 Å². The summed E-state index contributed by atoms with van der Waals surface area (Å²) in [6.07, 6.45) is 3.48. The zero-order valence-electron chi connectivity index (χ0n) is 12.0. The van der Waals surface area contributed by atoms with Crippen molar-refractivity contribution < 1.29 is 4.79 Å². The first-order valence-electron chi connectivity index (χ1n) is 6.56. The van der Waals surface area contributed by atoms with Gasteiger partial charge in [-0.25, -0.2) is 0 Å². The Balaban J connectivity index is 1.94. The van der Waals surface area contributed by atoms with E-state index in [4.69, 9.17) is 0 Å². The lowest BCUT2D eigenvalue weighted by Gasteiger charge is -2.24. The second-order valence-corrected chi connectivity index (χ2v) is 5.88. The number of carbonyl (C=O) groups is 1. The molecular weight excluding hydrogens is 272 g/mol. The lowest BCUT2D eigenvalue weighted by Crippen LogP contribution is -2.37. The van der Waals surface area contributed by atoms with Crippen LogP contribution in [-0.2, 0) is 4.79 Å². The Hall–Kier alpha value is -1.66. The van der Waals surface area contributed by atoms with E-state index < -0.39 is 0 Å². The number of thiophene rings is 1. The molecule has 108 valence electrons. The molecule has 0 bridgehead atoms. The molecule has 0 aliphatic carbocycles. The third-order valence-corrected chi connectivity index (χ3v) is 4.24. The zero-order valence-corrected chi connectivity index (χ0v) is 12.8. The molecule has 0 fully saturated rings. The highest BCUT2D eigenvalue weighted by Crippen LogP contribution is 2.22. The van der Waals surface area contributed by atoms with Crippen LogP contribution in [0.15, 0.2) is 36.0 Å². The Kier molecular flexibility index (Phi) is 4.92. The lowest BCUT2D eigenvalue weighted by molar-refractivity contribution is -0.124. The molecule has 0 radical (unpaired) electrons. The maximum Gasteiger partial charge on any atom is 0.244 e. The van der Waals surface area contributed by atoms with Crippen molar-refractivity contribution in [3.63, 3.8) is 0 Å². The van der Waals surface area contributed by atoms with Crippen LogP contribution in [0.5, 0.6) is 0 Å². The summed E-state index contributed by atoms with van der Waals surface area (Å²) in [5.41, 5.74) is 0. The number of nitrogens with zero attached hydrogens (tertiary/aromatic N) is 3. The predicted molar refractivity (Wildman–Crippen MR) is 80.7 cm³/mol. The molecule has 6 heteroatoms. The first-order chi connectivity index (χ1) is 9.59. The van der Waals surface area contributed by atoms with Crippen molar-refractivity contribution in [2.45, 2.75) is 19.0 Å². The van der Waals surface area contributed by atoms with Crippen molar-refractivity contribution in [2.75, 3.05) is 20.6 Å². The van der Waals surface area contributed by atoms with Crippen molar-refractivity contribution in [3.8, 4) is 0 Å². The average Bonchev–Trinajstić information content (AvgIpc) is 3.10. The fourth-order valence-corrected chi connectivity index (χ4v) is 2.92. The van der Waals surface area contributed by atoms with Crippen LogP contribution in [0, 0.1) is 0 Å². The minimum atomic E-state index is -0.295. The molecule has 5 nitrogen and oxygen atoms in total. The van der Waals surface area contributed by atoms with Gasteiger partial charge < -0.3 is 10.2 Å². The Bertz CT molecular complexity index is 521. The third-order valence-electron chi connectivity index (χ3n) is 3.27. The molecule has 0 saturated heterocycles. The topological polar surface area (TPSA) is 50.2 Å². The molecule has 20 heavy (non-hydrogen) atoms. The van der Waals surface area contributed by atoms with Gasteiger partial charge in [-0.3, -0.25) is 9.48 Å². The summed E-state index contributed by atoms with van der Waals surface area (Å²) in [4.78, 5) is 15.5. The van der Waals surface area contributed by atoms with E-state index in [1.807, 2.05) is 33.2 Å². The minimum Gasteiger partial charge on any atom is -0.352 e. The average molecular weight is 292 g/mol. The molecule has 2 aromatic rings. The van der Waals surface area contributed by atoms with Crippen molar-refractivity contribution in [1.82, 2.24) is 20.0 Å². The van der Waals surface area contributed by atoms with E-state index in [2.05, 4.69) is 26.8 Å². The predicted octanol–water partition coefficient (Wildman–Crippen LogP) is 1.92. The van der Waals surface area contributed by atoms with Gasteiger partial charge in [-0.15, -0.1) is 11.3 Å². The second kappa shape index (κ2) is 6.67. The number of rotatable bonds is 6. The van der Waals surface area contributed by atoms with E-state index in [0.717, 1.165) is 0 Å². The fraction of sp³-hybridized carbons (Fsp3) is 0.429. The molecular formula is C14H20N4OS. The highest BCUT2D eigenvalue weighted by Gasteiger charge is 2.19. The van der Waals surface area contributed by atoms with Gasteiger partial charge in [-0.2, -0.15) is 5.10 Å². The van der Waals surface area contributed by atoms with Crippen molar-refractivity contribution in [3.05, 3.63) is 40.8 Å². The Morgan fingerprint density at radius 3 is 2.85 bits per heavy atom. The summed E-state index contributed by atoms with van der Waals surface area (Å²) in [7, 11) is 4.04. The van der Waals surface area contributed by atoms with Crippen LogP contribution in [0.25, 0.3) is 0 Å². The van der Waals surface area contributed by atoms with E-state index in [0.29, 0.717) is 6.54 Å². The molecule has 0 spiro atoms. The van der Waals surface area contributed by atoms with E-state index >= 15 is 0 Å². The van der Waals surface area contributed by atoms with Gasteiger partial charge >= 0.3 is 0 Å². The molecule has 0 aliphatic heterocycles. The molecule has 1 amide bonds. The molecule has 2 atom stereocenters. The first-order valence-corrected chi connectivity index (χ1v) is 7.44. The van der Waals surface area contributed by atoms with Crippen LogP contribution in [-0.4, -0.2) is 41.2 Å². The number of likely N-dealkylation sites (N-methyl/N-ethyl adjacent to an activating group) is 1. The Morgan fingerprint density at radius 1 is 1.50 bits per heavy atom. The highest BCUT2D eigenvalue weighted by atomic mass is 32.1. The van der Waals surface area contributed by atoms with Crippen LogP contribution in [0.2, 0.25) is 0 Å².